The maximum atomic E-state index is 12.7. The Morgan fingerprint density at radius 3 is 2.76 bits per heavy atom. The van der Waals surface area contributed by atoms with Crippen molar-refractivity contribution in [3.8, 4) is 0 Å². The minimum atomic E-state index is -0.397. The molecule has 1 amide bonds. The molecule has 1 heterocycles. The van der Waals surface area contributed by atoms with Crippen LogP contribution in [0.3, 0.4) is 0 Å². The smallest absolute Gasteiger partial charge is 0.256 e. The first-order valence-electron chi connectivity index (χ1n) is 7.17. The van der Waals surface area contributed by atoms with Crippen LogP contribution >= 0.6 is 0 Å². The van der Waals surface area contributed by atoms with Crippen LogP contribution in [0, 0.1) is 0 Å². The van der Waals surface area contributed by atoms with Crippen molar-refractivity contribution < 1.29 is 14.7 Å². The molecular formula is C15H21N3O3. The Bertz CT molecular complexity index is 484. The van der Waals surface area contributed by atoms with Gasteiger partial charge in [-0.05, 0) is 31.4 Å². The molecule has 1 aromatic rings. The molecule has 0 saturated carbocycles. The van der Waals surface area contributed by atoms with Crippen LogP contribution in [0.1, 0.15) is 25.7 Å². The molecule has 1 unspecified atom stereocenters. The van der Waals surface area contributed by atoms with Gasteiger partial charge in [-0.25, -0.2) is 0 Å². The Labute approximate surface area is 124 Å². The number of hydrogen-bond acceptors (Lipinski definition) is 4. The highest BCUT2D eigenvalue weighted by Crippen LogP contribution is 2.20. The third kappa shape index (κ3) is 4.19. The molecule has 0 bridgehead atoms. The number of amidine groups is 1. The van der Waals surface area contributed by atoms with E-state index < -0.39 is 6.10 Å². The summed E-state index contributed by atoms with van der Waals surface area (Å²) in [5, 5.41) is 11.6. The standard InChI is InChI=1S/C15H21N3O3/c16-14(17-20)9-10-18(12-6-2-1-3-7-12)15(19)13-8-4-5-11-21-13/h1-3,6-7,13,20H,4-5,8-11H2,(H2,16,17). The quantitative estimate of drug-likeness (QED) is 0.374. The molecule has 1 atom stereocenters. The van der Waals surface area contributed by atoms with Gasteiger partial charge in [0.1, 0.15) is 11.9 Å². The van der Waals surface area contributed by atoms with Crippen LogP contribution in [0.4, 0.5) is 5.69 Å². The summed E-state index contributed by atoms with van der Waals surface area (Å²) < 4.78 is 5.57. The van der Waals surface area contributed by atoms with E-state index in [1.165, 1.54) is 0 Å². The lowest BCUT2D eigenvalue weighted by Crippen LogP contribution is -2.43. The maximum absolute atomic E-state index is 12.7. The average molecular weight is 291 g/mol. The molecule has 6 nitrogen and oxygen atoms in total. The zero-order valence-electron chi connectivity index (χ0n) is 11.9. The second-order valence-electron chi connectivity index (χ2n) is 5.02. The molecular weight excluding hydrogens is 270 g/mol. The second-order valence-corrected chi connectivity index (χ2v) is 5.02. The van der Waals surface area contributed by atoms with Crippen molar-refractivity contribution in [3.63, 3.8) is 0 Å². The van der Waals surface area contributed by atoms with Crippen LogP contribution in [0.5, 0.6) is 0 Å². The lowest BCUT2D eigenvalue weighted by atomic mass is 10.1. The van der Waals surface area contributed by atoms with Crippen LogP contribution in [-0.4, -0.2) is 36.2 Å². The van der Waals surface area contributed by atoms with E-state index >= 15 is 0 Å². The lowest BCUT2D eigenvalue weighted by Gasteiger charge is -2.29. The van der Waals surface area contributed by atoms with Crippen molar-refractivity contribution >= 4 is 17.4 Å². The fourth-order valence-electron chi connectivity index (χ4n) is 2.36. The van der Waals surface area contributed by atoms with Crippen molar-refractivity contribution in [1.82, 2.24) is 0 Å². The minimum Gasteiger partial charge on any atom is -0.409 e. The molecule has 0 spiro atoms. The Hall–Kier alpha value is -2.08. The third-order valence-electron chi connectivity index (χ3n) is 3.51. The van der Waals surface area contributed by atoms with E-state index in [1.54, 1.807) is 4.90 Å². The Morgan fingerprint density at radius 1 is 1.38 bits per heavy atom. The van der Waals surface area contributed by atoms with Crippen LogP contribution in [0.2, 0.25) is 0 Å². The lowest BCUT2D eigenvalue weighted by molar-refractivity contribution is -0.132. The highest BCUT2D eigenvalue weighted by atomic mass is 16.5. The summed E-state index contributed by atoms with van der Waals surface area (Å²) in [5.41, 5.74) is 6.30. The summed E-state index contributed by atoms with van der Waals surface area (Å²) in [7, 11) is 0. The zero-order chi connectivity index (χ0) is 15.1. The van der Waals surface area contributed by atoms with Gasteiger partial charge >= 0.3 is 0 Å². The normalized spacial score (nSPS) is 19.2. The van der Waals surface area contributed by atoms with E-state index in [-0.39, 0.29) is 11.7 Å². The number of rotatable bonds is 5. The second kappa shape index (κ2) is 7.64. The van der Waals surface area contributed by atoms with Crippen molar-refractivity contribution in [1.29, 1.82) is 0 Å². The van der Waals surface area contributed by atoms with Gasteiger partial charge in [0, 0.05) is 25.3 Å². The molecule has 1 aromatic carbocycles. The molecule has 2 rings (SSSR count). The summed E-state index contributed by atoms with van der Waals surface area (Å²) in [6, 6.07) is 9.38. The van der Waals surface area contributed by atoms with Gasteiger partial charge < -0.3 is 20.6 Å². The fourth-order valence-corrected chi connectivity index (χ4v) is 2.36. The number of benzene rings is 1. The monoisotopic (exact) mass is 291 g/mol. The number of hydrogen-bond donors (Lipinski definition) is 2. The predicted molar refractivity (Wildman–Crippen MR) is 80.4 cm³/mol. The van der Waals surface area contributed by atoms with Crippen molar-refractivity contribution in [2.24, 2.45) is 10.9 Å². The summed E-state index contributed by atoms with van der Waals surface area (Å²) in [5.74, 6) is 0.0416. The van der Waals surface area contributed by atoms with Gasteiger partial charge in [-0.15, -0.1) is 0 Å². The molecule has 0 aromatic heterocycles. The van der Waals surface area contributed by atoms with Gasteiger partial charge in [0.25, 0.3) is 5.91 Å². The molecule has 21 heavy (non-hydrogen) atoms. The molecule has 3 N–H and O–H groups in total. The molecule has 0 radical (unpaired) electrons. The number of ether oxygens (including phenoxy) is 1. The molecule has 0 aliphatic carbocycles. The molecule has 1 aliphatic heterocycles. The van der Waals surface area contributed by atoms with E-state index in [9.17, 15) is 4.79 Å². The number of anilines is 1. The molecule has 1 fully saturated rings. The summed E-state index contributed by atoms with van der Waals surface area (Å²) in [6.07, 6.45) is 2.65. The first kappa shape index (κ1) is 15.3. The third-order valence-corrected chi connectivity index (χ3v) is 3.51. The number of nitrogens with two attached hydrogens (primary N) is 1. The molecule has 114 valence electrons. The molecule has 6 heteroatoms. The van der Waals surface area contributed by atoms with Crippen molar-refractivity contribution in [2.75, 3.05) is 18.1 Å². The van der Waals surface area contributed by atoms with Gasteiger partial charge in [0.2, 0.25) is 0 Å². The van der Waals surface area contributed by atoms with Gasteiger partial charge in [-0.3, -0.25) is 4.79 Å². The predicted octanol–water partition coefficient (Wildman–Crippen LogP) is 1.73. The van der Waals surface area contributed by atoms with Gasteiger partial charge in [-0.1, -0.05) is 23.4 Å². The molecule has 1 saturated heterocycles. The zero-order valence-corrected chi connectivity index (χ0v) is 11.9. The fraction of sp³-hybridized carbons (Fsp3) is 0.467. The maximum Gasteiger partial charge on any atom is 0.256 e. The molecule has 1 aliphatic rings. The van der Waals surface area contributed by atoms with Crippen LogP contribution < -0.4 is 10.6 Å². The summed E-state index contributed by atoms with van der Waals surface area (Å²) in [4.78, 5) is 14.3. The van der Waals surface area contributed by atoms with Gasteiger partial charge in [-0.2, -0.15) is 0 Å². The summed E-state index contributed by atoms with van der Waals surface area (Å²) in [6.45, 7) is 0.984. The Balaban J connectivity index is 2.12. The average Bonchev–Trinajstić information content (AvgIpc) is 2.56. The van der Waals surface area contributed by atoms with E-state index in [4.69, 9.17) is 15.7 Å². The van der Waals surface area contributed by atoms with Crippen molar-refractivity contribution in [2.45, 2.75) is 31.8 Å². The SMILES string of the molecule is NC(CCN(C(=O)C1CCCCO1)c1ccccc1)=NO. The van der Waals surface area contributed by atoms with E-state index in [2.05, 4.69) is 5.16 Å². The topological polar surface area (TPSA) is 88.2 Å². The highest BCUT2D eigenvalue weighted by molar-refractivity contribution is 5.97. The van der Waals surface area contributed by atoms with E-state index in [1.807, 2.05) is 30.3 Å². The number of oxime groups is 1. The van der Waals surface area contributed by atoms with Crippen LogP contribution in [0.25, 0.3) is 0 Å². The van der Waals surface area contributed by atoms with Crippen molar-refractivity contribution in [3.05, 3.63) is 30.3 Å². The number of carbonyl (C=O) groups is 1. The van der Waals surface area contributed by atoms with Crippen LogP contribution in [0.15, 0.2) is 35.5 Å². The first-order chi connectivity index (χ1) is 10.2. The van der Waals surface area contributed by atoms with Gasteiger partial charge in [0.15, 0.2) is 0 Å². The first-order valence-corrected chi connectivity index (χ1v) is 7.17. The summed E-state index contributed by atoms with van der Waals surface area (Å²) >= 11 is 0. The highest BCUT2D eigenvalue weighted by Gasteiger charge is 2.27. The number of carbonyl (C=O) groups excluding carboxylic acids is 1. The Kier molecular flexibility index (Phi) is 5.57. The van der Waals surface area contributed by atoms with E-state index in [0.717, 1.165) is 24.9 Å². The largest absolute Gasteiger partial charge is 0.409 e. The number of para-hydroxylation sites is 1. The minimum absolute atomic E-state index is 0.0633. The van der Waals surface area contributed by atoms with Gasteiger partial charge in [0.05, 0.1) is 0 Å². The number of amides is 1. The van der Waals surface area contributed by atoms with E-state index in [0.29, 0.717) is 19.6 Å². The number of nitrogens with zero attached hydrogens (tertiary/aromatic N) is 2. The van der Waals surface area contributed by atoms with Crippen LogP contribution in [-0.2, 0) is 9.53 Å². The Morgan fingerprint density at radius 2 is 2.14 bits per heavy atom.